The summed E-state index contributed by atoms with van der Waals surface area (Å²) >= 11 is 0. The zero-order chi connectivity index (χ0) is 25.6. The van der Waals surface area contributed by atoms with Gasteiger partial charge >= 0.3 is 0 Å². The standard InChI is InChI=1S/C37H29N/c1-3-15-28(16-4-1)32-21-9-7-19-30(32)27-31-20-8-10-22-33(31)35-24-12-14-26-37(35)38-36-25-13-11-23-34(36)29-17-5-2-6-18-29/h1-26,38H,27H2. The zero-order valence-corrected chi connectivity index (χ0v) is 21.2. The van der Waals surface area contributed by atoms with Gasteiger partial charge in [-0.05, 0) is 51.9 Å². The van der Waals surface area contributed by atoms with E-state index in [4.69, 9.17) is 0 Å². The number of rotatable bonds is 7. The van der Waals surface area contributed by atoms with Crippen molar-refractivity contribution in [2.45, 2.75) is 6.42 Å². The Morgan fingerprint density at radius 1 is 0.316 bits per heavy atom. The van der Waals surface area contributed by atoms with Gasteiger partial charge in [0, 0.05) is 22.5 Å². The van der Waals surface area contributed by atoms with Crippen LogP contribution in [0.25, 0.3) is 33.4 Å². The number of benzene rings is 6. The van der Waals surface area contributed by atoms with E-state index in [9.17, 15) is 0 Å². The summed E-state index contributed by atoms with van der Waals surface area (Å²) in [6.45, 7) is 0. The van der Waals surface area contributed by atoms with Gasteiger partial charge in [0.15, 0.2) is 0 Å². The molecule has 0 aromatic heterocycles. The van der Waals surface area contributed by atoms with Crippen LogP contribution in [0.15, 0.2) is 158 Å². The van der Waals surface area contributed by atoms with Gasteiger partial charge in [0.05, 0.1) is 0 Å². The summed E-state index contributed by atoms with van der Waals surface area (Å²) in [6, 6.07) is 55.9. The molecule has 0 amide bonds. The number of para-hydroxylation sites is 2. The summed E-state index contributed by atoms with van der Waals surface area (Å²) in [6.07, 6.45) is 0.857. The fraction of sp³-hybridized carbons (Fsp3) is 0.0270. The molecule has 0 fully saturated rings. The molecule has 0 aliphatic rings. The smallest absolute Gasteiger partial charge is 0.0464 e. The highest BCUT2D eigenvalue weighted by molar-refractivity contribution is 5.87. The molecule has 0 spiro atoms. The molecule has 0 aliphatic carbocycles. The van der Waals surface area contributed by atoms with Crippen molar-refractivity contribution in [1.29, 1.82) is 0 Å². The van der Waals surface area contributed by atoms with Crippen molar-refractivity contribution in [2.24, 2.45) is 0 Å². The number of anilines is 2. The Bertz CT molecular complexity index is 1530. The molecule has 38 heavy (non-hydrogen) atoms. The van der Waals surface area contributed by atoms with Crippen LogP contribution in [0.1, 0.15) is 11.1 Å². The monoisotopic (exact) mass is 487 g/mol. The van der Waals surface area contributed by atoms with E-state index >= 15 is 0 Å². The molecule has 182 valence electrons. The van der Waals surface area contributed by atoms with Gasteiger partial charge in [-0.15, -0.1) is 0 Å². The van der Waals surface area contributed by atoms with Gasteiger partial charge in [-0.2, -0.15) is 0 Å². The molecule has 1 heteroatoms. The lowest BCUT2D eigenvalue weighted by Gasteiger charge is -2.18. The fourth-order valence-electron chi connectivity index (χ4n) is 5.15. The van der Waals surface area contributed by atoms with Gasteiger partial charge in [-0.25, -0.2) is 0 Å². The maximum Gasteiger partial charge on any atom is 0.0464 e. The quantitative estimate of drug-likeness (QED) is 0.236. The lowest BCUT2D eigenvalue weighted by molar-refractivity contribution is 1.20. The van der Waals surface area contributed by atoms with Gasteiger partial charge in [0.1, 0.15) is 0 Å². The summed E-state index contributed by atoms with van der Waals surface area (Å²) in [5.74, 6) is 0. The first-order valence-electron chi connectivity index (χ1n) is 13.1. The fourth-order valence-corrected chi connectivity index (χ4v) is 5.15. The topological polar surface area (TPSA) is 12.0 Å². The molecule has 0 saturated heterocycles. The van der Waals surface area contributed by atoms with E-state index < -0.39 is 0 Å². The predicted molar refractivity (Wildman–Crippen MR) is 162 cm³/mol. The van der Waals surface area contributed by atoms with Gasteiger partial charge in [-0.1, -0.05) is 146 Å². The molecule has 6 aromatic carbocycles. The number of nitrogens with one attached hydrogen (secondary N) is 1. The van der Waals surface area contributed by atoms with Crippen molar-refractivity contribution < 1.29 is 0 Å². The Kier molecular flexibility index (Phi) is 6.82. The third-order valence-corrected chi connectivity index (χ3v) is 7.00. The Morgan fingerprint density at radius 2 is 0.711 bits per heavy atom. The van der Waals surface area contributed by atoms with Crippen molar-refractivity contribution in [2.75, 3.05) is 5.32 Å². The Hall–Kier alpha value is -4.88. The van der Waals surface area contributed by atoms with Crippen molar-refractivity contribution >= 4 is 11.4 Å². The normalized spacial score (nSPS) is 10.7. The molecular weight excluding hydrogens is 458 g/mol. The summed E-state index contributed by atoms with van der Waals surface area (Å²) in [4.78, 5) is 0. The lowest BCUT2D eigenvalue weighted by Crippen LogP contribution is -1.99. The van der Waals surface area contributed by atoms with E-state index in [1.165, 1.54) is 44.5 Å². The summed E-state index contributed by atoms with van der Waals surface area (Å²) in [5, 5.41) is 3.77. The lowest BCUT2D eigenvalue weighted by atomic mass is 9.90. The van der Waals surface area contributed by atoms with Gasteiger partial charge in [0.25, 0.3) is 0 Å². The molecule has 0 saturated carbocycles. The maximum atomic E-state index is 3.77. The third-order valence-electron chi connectivity index (χ3n) is 7.00. The van der Waals surface area contributed by atoms with Crippen molar-refractivity contribution in [3.63, 3.8) is 0 Å². The van der Waals surface area contributed by atoms with Crippen LogP contribution in [0.4, 0.5) is 11.4 Å². The van der Waals surface area contributed by atoms with E-state index in [1.54, 1.807) is 0 Å². The molecular formula is C37H29N. The van der Waals surface area contributed by atoms with Gasteiger partial charge in [0.2, 0.25) is 0 Å². The minimum absolute atomic E-state index is 0.857. The van der Waals surface area contributed by atoms with E-state index in [0.717, 1.165) is 17.8 Å². The number of hydrogen-bond acceptors (Lipinski definition) is 1. The maximum absolute atomic E-state index is 3.77. The van der Waals surface area contributed by atoms with Crippen molar-refractivity contribution in [1.82, 2.24) is 0 Å². The molecule has 0 aliphatic heterocycles. The van der Waals surface area contributed by atoms with Crippen LogP contribution in [0.5, 0.6) is 0 Å². The predicted octanol–water partition coefficient (Wildman–Crippen LogP) is 10.0. The first-order valence-corrected chi connectivity index (χ1v) is 13.1. The van der Waals surface area contributed by atoms with Crippen LogP contribution in [-0.4, -0.2) is 0 Å². The minimum Gasteiger partial charge on any atom is -0.355 e. The van der Waals surface area contributed by atoms with Crippen LogP contribution in [0.3, 0.4) is 0 Å². The largest absolute Gasteiger partial charge is 0.355 e. The van der Waals surface area contributed by atoms with Crippen LogP contribution < -0.4 is 5.32 Å². The van der Waals surface area contributed by atoms with Crippen LogP contribution in [0.2, 0.25) is 0 Å². The summed E-state index contributed by atoms with van der Waals surface area (Å²) in [7, 11) is 0. The first-order chi connectivity index (χ1) is 18.9. The highest BCUT2D eigenvalue weighted by Crippen LogP contribution is 2.37. The highest BCUT2D eigenvalue weighted by atomic mass is 14.9. The highest BCUT2D eigenvalue weighted by Gasteiger charge is 2.13. The van der Waals surface area contributed by atoms with E-state index in [0.29, 0.717) is 0 Å². The summed E-state index contributed by atoms with van der Waals surface area (Å²) in [5.41, 5.74) is 12.2. The Labute approximate surface area is 225 Å². The van der Waals surface area contributed by atoms with Crippen molar-refractivity contribution in [3.8, 4) is 33.4 Å². The molecule has 0 atom stereocenters. The van der Waals surface area contributed by atoms with E-state index in [2.05, 4.69) is 163 Å². The average molecular weight is 488 g/mol. The van der Waals surface area contributed by atoms with E-state index in [-0.39, 0.29) is 0 Å². The van der Waals surface area contributed by atoms with Gasteiger partial charge in [-0.3, -0.25) is 0 Å². The Balaban J connectivity index is 1.38. The first kappa shape index (κ1) is 23.5. The van der Waals surface area contributed by atoms with E-state index in [1.807, 2.05) is 0 Å². The average Bonchev–Trinajstić information content (AvgIpc) is 2.99. The Morgan fingerprint density at radius 3 is 1.34 bits per heavy atom. The molecule has 1 N–H and O–H groups in total. The summed E-state index contributed by atoms with van der Waals surface area (Å²) < 4.78 is 0. The second-order valence-corrected chi connectivity index (χ2v) is 9.44. The molecule has 1 nitrogen and oxygen atoms in total. The van der Waals surface area contributed by atoms with Crippen molar-refractivity contribution in [3.05, 3.63) is 169 Å². The molecule has 0 radical (unpaired) electrons. The van der Waals surface area contributed by atoms with Gasteiger partial charge < -0.3 is 5.32 Å². The second kappa shape index (κ2) is 11.0. The SMILES string of the molecule is c1ccc(-c2ccccc2Cc2ccccc2-c2ccccc2Nc2ccccc2-c2ccccc2)cc1. The zero-order valence-electron chi connectivity index (χ0n) is 21.2. The molecule has 0 unspecified atom stereocenters. The van der Waals surface area contributed by atoms with Crippen LogP contribution >= 0.6 is 0 Å². The molecule has 6 rings (SSSR count). The van der Waals surface area contributed by atoms with Crippen LogP contribution in [-0.2, 0) is 6.42 Å². The number of hydrogen-bond donors (Lipinski definition) is 1. The minimum atomic E-state index is 0.857. The third kappa shape index (κ3) is 5.00. The van der Waals surface area contributed by atoms with Crippen LogP contribution in [0, 0.1) is 0 Å². The second-order valence-electron chi connectivity index (χ2n) is 9.44. The molecule has 0 bridgehead atoms. The molecule has 0 heterocycles. The molecule has 6 aromatic rings.